The number of hydrazine groups is 1. The lowest BCUT2D eigenvalue weighted by molar-refractivity contribution is 0.0854. The Morgan fingerprint density at radius 3 is 2.81 bits per heavy atom. The lowest BCUT2D eigenvalue weighted by atomic mass is 10.4. The number of nitrogens with one attached hydrogen (secondary N) is 2. The molecular weight excluding hydrogens is 274 g/mol. The Morgan fingerprint density at radius 2 is 2.19 bits per heavy atom. The zero-order valence-corrected chi connectivity index (χ0v) is 10.9. The number of aromatic nitrogens is 2. The first-order valence-corrected chi connectivity index (χ1v) is 5.80. The van der Waals surface area contributed by atoms with Gasteiger partial charge in [0.15, 0.2) is 5.82 Å². The van der Waals surface area contributed by atoms with E-state index in [1.54, 1.807) is 0 Å². The molecule has 1 atom stereocenters. The maximum absolute atomic E-state index is 5.40. The molecule has 1 heterocycles. The molecule has 0 saturated carbocycles. The van der Waals surface area contributed by atoms with E-state index in [0.717, 1.165) is 0 Å². The summed E-state index contributed by atoms with van der Waals surface area (Å²) in [5.41, 5.74) is 2.48. The predicted octanol–water partition coefficient (Wildman–Crippen LogP) is 1.36. The molecule has 0 aliphatic carbocycles. The molecule has 0 saturated heterocycles. The molecule has 7 heteroatoms. The van der Waals surface area contributed by atoms with Crippen molar-refractivity contribution in [2.75, 3.05) is 23.9 Å². The van der Waals surface area contributed by atoms with Crippen molar-refractivity contribution >= 4 is 27.6 Å². The Hall–Kier alpha value is -0.920. The molecular formula is C9H16BrN5O. The van der Waals surface area contributed by atoms with Crippen molar-refractivity contribution < 1.29 is 4.74 Å². The van der Waals surface area contributed by atoms with Crippen LogP contribution in [-0.2, 0) is 4.74 Å². The SMILES string of the molecule is CCOC(C)CNc1ncnc(NN)c1Br. The number of nitrogens with zero attached hydrogens (tertiary/aromatic N) is 2. The first kappa shape index (κ1) is 13.1. The summed E-state index contributed by atoms with van der Waals surface area (Å²) >= 11 is 3.36. The predicted molar refractivity (Wildman–Crippen MR) is 67.1 cm³/mol. The van der Waals surface area contributed by atoms with Crippen molar-refractivity contribution in [3.05, 3.63) is 10.8 Å². The lowest BCUT2D eigenvalue weighted by Gasteiger charge is -2.14. The van der Waals surface area contributed by atoms with Crippen LogP contribution in [0.1, 0.15) is 13.8 Å². The van der Waals surface area contributed by atoms with E-state index in [4.69, 9.17) is 10.6 Å². The second-order valence-electron chi connectivity index (χ2n) is 3.18. The van der Waals surface area contributed by atoms with Crippen LogP contribution in [0.3, 0.4) is 0 Å². The van der Waals surface area contributed by atoms with Gasteiger partial charge in [-0.1, -0.05) is 0 Å². The molecule has 0 fully saturated rings. The molecule has 0 spiro atoms. The first-order valence-electron chi connectivity index (χ1n) is 5.01. The number of halogens is 1. The Morgan fingerprint density at radius 1 is 1.50 bits per heavy atom. The van der Waals surface area contributed by atoms with E-state index in [1.807, 2.05) is 13.8 Å². The van der Waals surface area contributed by atoms with Gasteiger partial charge in [0.05, 0.1) is 6.10 Å². The summed E-state index contributed by atoms with van der Waals surface area (Å²) in [4.78, 5) is 8.05. The van der Waals surface area contributed by atoms with E-state index in [1.165, 1.54) is 6.33 Å². The van der Waals surface area contributed by atoms with Crippen LogP contribution in [0, 0.1) is 0 Å². The number of rotatable bonds is 6. The summed E-state index contributed by atoms with van der Waals surface area (Å²) in [7, 11) is 0. The smallest absolute Gasteiger partial charge is 0.159 e. The van der Waals surface area contributed by atoms with Gasteiger partial charge in [0.1, 0.15) is 16.6 Å². The number of hydrogen-bond acceptors (Lipinski definition) is 6. The van der Waals surface area contributed by atoms with Gasteiger partial charge in [0.25, 0.3) is 0 Å². The van der Waals surface area contributed by atoms with Crippen LogP contribution in [0.5, 0.6) is 0 Å². The number of anilines is 2. The van der Waals surface area contributed by atoms with Crippen LogP contribution in [-0.4, -0.2) is 29.2 Å². The minimum absolute atomic E-state index is 0.126. The highest BCUT2D eigenvalue weighted by atomic mass is 79.9. The highest BCUT2D eigenvalue weighted by molar-refractivity contribution is 9.10. The maximum atomic E-state index is 5.40. The minimum Gasteiger partial charge on any atom is -0.377 e. The molecule has 0 radical (unpaired) electrons. The van der Waals surface area contributed by atoms with Crippen molar-refractivity contribution in [1.82, 2.24) is 9.97 Å². The van der Waals surface area contributed by atoms with E-state index in [9.17, 15) is 0 Å². The highest BCUT2D eigenvalue weighted by Gasteiger charge is 2.08. The van der Waals surface area contributed by atoms with E-state index in [0.29, 0.717) is 29.3 Å². The number of nitrogen functional groups attached to an aromatic ring is 1. The molecule has 0 amide bonds. The van der Waals surface area contributed by atoms with Gasteiger partial charge in [-0.25, -0.2) is 15.8 Å². The van der Waals surface area contributed by atoms with Crippen molar-refractivity contribution in [2.45, 2.75) is 20.0 Å². The molecule has 16 heavy (non-hydrogen) atoms. The average Bonchev–Trinajstić information content (AvgIpc) is 2.28. The number of nitrogens with two attached hydrogens (primary N) is 1. The van der Waals surface area contributed by atoms with Gasteiger partial charge in [-0.2, -0.15) is 0 Å². The molecule has 0 aromatic carbocycles. The topological polar surface area (TPSA) is 85.1 Å². The van der Waals surface area contributed by atoms with Crippen molar-refractivity contribution in [1.29, 1.82) is 0 Å². The molecule has 0 aliphatic rings. The molecule has 1 rings (SSSR count). The van der Waals surface area contributed by atoms with Gasteiger partial charge in [0.2, 0.25) is 0 Å². The highest BCUT2D eigenvalue weighted by Crippen LogP contribution is 2.25. The Labute approximate surface area is 103 Å². The normalized spacial score (nSPS) is 12.2. The standard InChI is InChI=1S/C9H16BrN5O/c1-3-16-6(2)4-12-8-7(10)9(15-11)14-5-13-8/h5-6H,3-4,11H2,1-2H3,(H2,12,13,14,15). The second kappa shape index (κ2) is 6.62. The summed E-state index contributed by atoms with van der Waals surface area (Å²) in [5.74, 6) is 6.53. The second-order valence-corrected chi connectivity index (χ2v) is 3.97. The lowest BCUT2D eigenvalue weighted by Crippen LogP contribution is -2.21. The van der Waals surface area contributed by atoms with Gasteiger partial charge in [-0.05, 0) is 29.8 Å². The Bertz CT molecular complexity index is 336. The van der Waals surface area contributed by atoms with Crippen LogP contribution < -0.4 is 16.6 Å². The van der Waals surface area contributed by atoms with Crippen LogP contribution in [0.4, 0.5) is 11.6 Å². The van der Waals surface area contributed by atoms with E-state index < -0.39 is 0 Å². The molecule has 90 valence electrons. The van der Waals surface area contributed by atoms with Crippen molar-refractivity contribution in [3.8, 4) is 0 Å². The van der Waals surface area contributed by atoms with Crippen molar-refractivity contribution in [2.24, 2.45) is 5.84 Å². The quantitative estimate of drug-likeness (QED) is 0.542. The van der Waals surface area contributed by atoms with E-state index in [-0.39, 0.29) is 6.10 Å². The summed E-state index contributed by atoms with van der Waals surface area (Å²) < 4.78 is 6.11. The fourth-order valence-corrected chi connectivity index (χ4v) is 1.64. The minimum atomic E-state index is 0.126. The van der Waals surface area contributed by atoms with Crippen LogP contribution >= 0.6 is 15.9 Å². The Kier molecular flexibility index (Phi) is 5.44. The van der Waals surface area contributed by atoms with Crippen molar-refractivity contribution in [3.63, 3.8) is 0 Å². The van der Waals surface area contributed by atoms with E-state index in [2.05, 4.69) is 36.6 Å². The first-order chi connectivity index (χ1) is 7.69. The van der Waals surface area contributed by atoms with Crippen LogP contribution in [0.15, 0.2) is 10.8 Å². The van der Waals surface area contributed by atoms with Gasteiger partial charge < -0.3 is 15.5 Å². The molecule has 4 N–H and O–H groups in total. The van der Waals surface area contributed by atoms with Crippen LogP contribution in [0.2, 0.25) is 0 Å². The average molecular weight is 290 g/mol. The zero-order valence-electron chi connectivity index (χ0n) is 9.33. The van der Waals surface area contributed by atoms with Gasteiger partial charge in [-0.3, -0.25) is 0 Å². The monoisotopic (exact) mass is 289 g/mol. The van der Waals surface area contributed by atoms with Gasteiger partial charge >= 0.3 is 0 Å². The summed E-state index contributed by atoms with van der Waals surface area (Å²) in [6.07, 6.45) is 1.56. The summed E-state index contributed by atoms with van der Waals surface area (Å²) in [5, 5.41) is 3.15. The van der Waals surface area contributed by atoms with Gasteiger partial charge in [0, 0.05) is 13.2 Å². The molecule has 0 bridgehead atoms. The number of ether oxygens (including phenoxy) is 1. The summed E-state index contributed by atoms with van der Waals surface area (Å²) in [6.45, 7) is 5.33. The largest absolute Gasteiger partial charge is 0.377 e. The summed E-state index contributed by atoms with van der Waals surface area (Å²) in [6, 6.07) is 0. The molecule has 1 unspecified atom stereocenters. The fraction of sp³-hybridized carbons (Fsp3) is 0.556. The fourth-order valence-electron chi connectivity index (χ4n) is 1.18. The third-order valence-corrected chi connectivity index (χ3v) is 2.69. The van der Waals surface area contributed by atoms with E-state index >= 15 is 0 Å². The third-order valence-electron chi connectivity index (χ3n) is 1.93. The molecule has 1 aromatic heterocycles. The molecule has 6 nitrogen and oxygen atoms in total. The zero-order chi connectivity index (χ0) is 12.0. The maximum Gasteiger partial charge on any atom is 0.159 e. The Balaban J connectivity index is 2.60. The molecule has 1 aromatic rings. The molecule has 0 aliphatic heterocycles. The third kappa shape index (κ3) is 3.58. The number of hydrogen-bond donors (Lipinski definition) is 3. The van der Waals surface area contributed by atoms with Gasteiger partial charge in [-0.15, -0.1) is 0 Å². The van der Waals surface area contributed by atoms with Crippen LogP contribution in [0.25, 0.3) is 0 Å².